The lowest BCUT2D eigenvalue weighted by atomic mass is 10.0. The van der Waals surface area contributed by atoms with Crippen LogP contribution >= 0.6 is 0 Å². The Kier molecular flexibility index (Phi) is 4.30. The van der Waals surface area contributed by atoms with Gasteiger partial charge < -0.3 is 15.2 Å². The lowest BCUT2D eigenvalue weighted by Gasteiger charge is -2.28. The largest absolute Gasteiger partial charge is 0.344 e. The maximum Gasteiger partial charge on any atom is 0.243 e. The number of rotatable bonds is 3. The summed E-state index contributed by atoms with van der Waals surface area (Å²) in [6, 6.07) is 7.43. The lowest BCUT2D eigenvalue weighted by Crippen LogP contribution is -2.52. The van der Waals surface area contributed by atoms with Crippen LogP contribution in [0.4, 0.5) is 0 Å². The molecule has 1 aliphatic heterocycles. The van der Waals surface area contributed by atoms with E-state index in [9.17, 15) is 9.59 Å². The molecule has 2 heterocycles. The van der Waals surface area contributed by atoms with Gasteiger partial charge in [-0.3, -0.25) is 9.59 Å². The molecule has 2 amide bonds. The molecule has 1 aromatic heterocycles. The molecule has 128 valence electrons. The minimum Gasteiger partial charge on any atom is -0.344 e. The van der Waals surface area contributed by atoms with Crippen molar-refractivity contribution in [1.82, 2.24) is 20.2 Å². The van der Waals surface area contributed by atoms with Crippen molar-refractivity contribution in [2.24, 2.45) is 7.05 Å². The number of para-hydroxylation sites is 2. The number of carbonyl (C=O) groups excluding carboxylic acids is 2. The molecule has 1 saturated heterocycles. The van der Waals surface area contributed by atoms with E-state index in [-0.39, 0.29) is 11.8 Å². The molecular formula is C18H24N4O2. The second kappa shape index (κ2) is 6.26. The number of hydrogen-bond donors (Lipinski definition) is 2. The van der Waals surface area contributed by atoms with E-state index in [4.69, 9.17) is 0 Å². The average Bonchev–Trinajstić information content (AvgIpc) is 2.73. The minimum atomic E-state index is -0.637. The summed E-state index contributed by atoms with van der Waals surface area (Å²) >= 11 is 0. The second-order valence-electron chi connectivity index (χ2n) is 6.96. The quantitative estimate of drug-likeness (QED) is 0.904. The Morgan fingerprint density at radius 2 is 2.08 bits per heavy atom. The van der Waals surface area contributed by atoms with Gasteiger partial charge in [0.15, 0.2) is 0 Å². The maximum absolute atomic E-state index is 12.6. The summed E-state index contributed by atoms with van der Waals surface area (Å²) in [4.78, 5) is 29.0. The Morgan fingerprint density at radius 3 is 2.83 bits per heavy atom. The highest BCUT2D eigenvalue weighted by Gasteiger charge is 2.32. The van der Waals surface area contributed by atoms with Gasteiger partial charge in [-0.15, -0.1) is 0 Å². The van der Waals surface area contributed by atoms with Crippen molar-refractivity contribution in [3.05, 3.63) is 30.1 Å². The highest BCUT2D eigenvalue weighted by Crippen LogP contribution is 2.24. The summed E-state index contributed by atoms with van der Waals surface area (Å²) in [7, 11) is 1.95. The van der Waals surface area contributed by atoms with Crippen LogP contribution in [0.2, 0.25) is 0 Å². The van der Waals surface area contributed by atoms with E-state index in [2.05, 4.69) is 15.6 Å². The molecule has 0 bridgehead atoms. The molecule has 1 aromatic carbocycles. The van der Waals surface area contributed by atoms with Crippen molar-refractivity contribution in [2.45, 2.75) is 51.1 Å². The predicted molar refractivity (Wildman–Crippen MR) is 92.3 cm³/mol. The monoisotopic (exact) mass is 328 g/mol. The van der Waals surface area contributed by atoms with Gasteiger partial charge in [-0.25, -0.2) is 4.98 Å². The molecule has 6 heteroatoms. The van der Waals surface area contributed by atoms with Gasteiger partial charge >= 0.3 is 0 Å². The van der Waals surface area contributed by atoms with Crippen molar-refractivity contribution < 1.29 is 9.59 Å². The number of fused-ring (bicyclic) bond motifs is 1. The van der Waals surface area contributed by atoms with Gasteiger partial charge in [0, 0.05) is 13.5 Å². The number of carbonyl (C=O) groups is 2. The minimum absolute atomic E-state index is 0.0480. The number of benzene rings is 1. The average molecular weight is 328 g/mol. The van der Waals surface area contributed by atoms with Crippen molar-refractivity contribution in [1.29, 1.82) is 0 Å². The van der Waals surface area contributed by atoms with E-state index in [1.807, 2.05) is 49.7 Å². The van der Waals surface area contributed by atoms with Crippen molar-refractivity contribution in [3.8, 4) is 0 Å². The summed E-state index contributed by atoms with van der Waals surface area (Å²) in [5.41, 5.74) is 1.29. The molecule has 2 N–H and O–H groups in total. The molecule has 1 atom stereocenters. The fraction of sp³-hybridized carbons (Fsp3) is 0.500. The Morgan fingerprint density at radius 1 is 1.33 bits per heavy atom. The molecular weight excluding hydrogens is 304 g/mol. The van der Waals surface area contributed by atoms with Crippen LogP contribution in [0.3, 0.4) is 0 Å². The Bertz CT molecular complexity index is 778. The van der Waals surface area contributed by atoms with Crippen LogP contribution in [0, 0.1) is 0 Å². The highest BCUT2D eigenvalue weighted by molar-refractivity contribution is 5.88. The van der Waals surface area contributed by atoms with Crippen LogP contribution in [0.15, 0.2) is 24.3 Å². The summed E-state index contributed by atoms with van der Waals surface area (Å²) in [5, 5.41) is 5.87. The van der Waals surface area contributed by atoms with Gasteiger partial charge in [-0.05, 0) is 38.8 Å². The first kappa shape index (κ1) is 16.5. The van der Waals surface area contributed by atoms with Gasteiger partial charge in [0.1, 0.15) is 11.9 Å². The molecule has 24 heavy (non-hydrogen) atoms. The van der Waals surface area contributed by atoms with Crippen LogP contribution in [0.1, 0.15) is 45.4 Å². The molecule has 3 rings (SSSR count). The highest BCUT2D eigenvalue weighted by atomic mass is 16.2. The first-order chi connectivity index (χ1) is 11.4. The van der Waals surface area contributed by atoms with E-state index in [0.717, 1.165) is 29.7 Å². The first-order valence-corrected chi connectivity index (χ1v) is 8.42. The van der Waals surface area contributed by atoms with Crippen LogP contribution in [0.25, 0.3) is 11.0 Å². The molecule has 0 saturated carbocycles. The summed E-state index contributed by atoms with van der Waals surface area (Å²) in [6.45, 7) is 3.87. The number of imidazole rings is 1. The maximum atomic E-state index is 12.6. The van der Waals surface area contributed by atoms with Crippen LogP contribution < -0.4 is 10.6 Å². The number of nitrogens with one attached hydrogen (secondary N) is 2. The Balaban J connectivity index is 1.82. The number of aryl methyl sites for hydroxylation is 1. The van der Waals surface area contributed by atoms with Crippen molar-refractivity contribution in [3.63, 3.8) is 0 Å². The zero-order valence-electron chi connectivity index (χ0n) is 14.4. The summed E-state index contributed by atoms with van der Waals surface area (Å²) in [5.74, 6) is 0.590. The first-order valence-electron chi connectivity index (χ1n) is 8.42. The SMILES string of the molecule is Cn1c(C(C)(C)NC(=O)C2CCCCC(=O)N2)nc2ccccc21. The second-order valence-corrected chi connectivity index (χ2v) is 6.96. The molecule has 0 spiro atoms. The zero-order valence-corrected chi connectivity index (χ0v) is 14.4. The van der Waals surface area contributed by atoms with Gasteiger partial charge in [0.25, 0.3) is 0 Å². The molecule has 0 aliphatic carbocycles. The van der Waals surface area contributed by atoms with Crippen LogP contribution in [-0.4, -0.2) is 27.4 Å². The van der Waals surface area contributed by atoms with E-state index < -0.39 is 11.6 Å². The van der Waals surface area contributed by atoms with E-state index in [1.54, 1.807) is 0 Å². The third-order valence-corrected chi connectivity index (χ3v) is 4.58. The fourth-order valence-corrected chi connectivity index (χ4v) is 3.32. The van der Waals surface area contributed by atoms with Crippen LogP contribution in [0.5, 0.6) is 0 Å². The molecule has 0 radical (unpaired) electrons. The third-order valence-electron chi connectivity index (χ3n) is 4.58. The summed E-state index contributed by atoms with van der Waals surface area (Å²) < 4.78 is 2.00. The van der Waals surface area contributed by atoms with Crippen LogP contribution in [-0.2, 0) is 22.2 Å². The van der Waals surface area contributed by atoms with E-state index in [0.29, 0.717) is 12.8 Å². The number of hydrogen-bond acceptors (Lipinski definition) is 3. The lowest BCUT2D eigenvalue weighted by molar-refractivity contribution is -0.129. The van der Waals surface area contributed by atoms with Crippen molar-refractivity contribution >= 4 is 22.8 Å². The Hall–Kier alpha value is -2.37. The molecule has 1 aliphatic rings. The van der Waals surface area contributed by atoms with Crippen molar-refractivity contribution in [2.75, 3.05) is 0 Å². The normalized spacial score (nSPS) is 19.0. The van der Waals surface area contributed by atoms with Gasteiger partial charge in [0.05, 0.1) is 16.6 Å². The number of aromatic nitrogens is 2. The smallest absolute Gasteiger partial charge is 0.243 e. The fourth-order valence-electron chi connectivity index (χ4n) is 3.32. The predicted octanol–water partition coefficient (Wildman–Crippen LogP) is 1.98. The van der Waals surface area contributed by atoms with Gasteiger partial charge in [0.2, 0.25) is 11.8 Å². The number of amides is 2. The molecule has 1 unspecified atom stereocenters. The number of nitrogens with zero attached hydrogens (tertiary/aromatic N) is 2. The van der Waals surface area contributed by atoms with E-state index in [1.165, 1.54) is 0 Å². The third kappa shape index (κ3) is 3.13. The molecule has 2 aromatic rings. The van der Waals surface area contributed by atoms with Gasteiger partial charge in [-0.1, -0.05) is 18.6 Å². The summed E-state index contributed by atoms with van der Waals surface area (Å²) in [6.07, 6.45) is 2.89. The Labute approximate surface area is 141 Å². The standard InChI is InChI=1S/C18H24N4O2/c1-18(2,17-20-12-8-4-6-10-14(12)22(17)3)21-16(24)13-9-5-7-11-15(23)19-13/h4,6,8,10,13H,5,7,9,11H2,1-3H3,(H,19,23)(H,21,24). The topological polar surface area (TPSA) is 76.0 Å². The van der Waals surface area contributed by atoms with Gasteiger partial charge in [-0.2, -0.15) is 0 Å². The molecule has 6 nitrogen and oxygen atoms in total. The zero-order chi connectivity index (χ0) is 17.3. The molecule has 1 fully saturated rings. The van der Waals surface area contributed by atoms with E-state index >= 15 is 0 Å².